The van der Waals surface area contributed by atoms with Crippen LogP contribution in [-0.2, 0) is 6.54 Å². The van der Waals surface area contributed by atoms with Crippen molar-refractivity contribution in [3.05, 3.63) is 56.6 Å². The molecule has 7 heteroatoms. The highest BCUT2D eigenvalue weighted by atomic mass is 19.1. The predicted molar refractivity (Wildman–Crippen MR) is 83.5 cm³/mol. The molecule has 0 spiro atoms. The zero-order chi connectivity index (χ0) is 17.1. The van der Waals surface area contributed by atoms with Crippen LogP contribution >= 0.6 is 0 Å². The fourth-order valence-corrected chi connectivity index (χ4v) is 2.10. The minimum Gasteiger partial charge on any atom is -0.292 e. The molecule has 1 heterocycles. The Morgan fingerprint density at radius 1 is 1.30 bits per heavy atom. The average molecular weight is 319 g/mol. The van der Waals surface area contributed by atoms with Crippen molar-refractivity contribution in [1.29, 1.82) is 0 Å². The van der Waals surface area contributed by atoms with Crippen molar-refractivity contribution in [2.75, 3.05) is 0 Å². The van der Waals surface area contributed by atoms with Crippen LogP contribution in [0.1, 0.15) is 37.7 Å². The van der Waals surface area contributed by atoms with Crippen molar-refractivity contribution in [2.24, 2.45) is 5.92 Å². The first-order valence-corrected chi connectivity index (χ1v) is 7.32. The van der Waals surface area contributed by atoms with E-state index in [-0.39, 0.29) is 17.9 Å². The van der Waals surface area contributed by atoms with Crippen LogP contribution < -0.4 is 11.2 Å². The topological polar surface area (TPSA) is 74.0 Å². The second-order valence-corrected chi connectivity index (χ2v) is 5.71. The van der Waals surface area contributed by atoms with Crippen LogP contribution in [0.2, 0.25) is 0 Å². The van der Waals surface area contributed by atoms with E-state index in [9.17, 15) is 18.8 Å². The SMILES string of the molecule is CC(=O)c1nn(CCC(C)C)c(=O)n(-c2cccc(F)c2)c1=O. The van der Waals surface area contributed by atoms with Gasteiger partial charge in [0.25, 0.3) is 5.56 Å². The summed E-state index contributed by atoms with van der Waals surface area (Å²) in [6.45, 7) is 5.45. The lowest BCUT2D eigenvalue weighted by Gasteiger charge is -2.12. The van der Waals surface area contributed by atoms with E-state index in [4.69, 9.17) is 0 Å². The smallest absolute Gasteiger partial charge is 0.292 e. The zero-order valence-corrected chi connectivity index (χ0v) is 13.2. The van der Waals surface area contributed by atoms with E-state index in [0.29, 0.717) is 12.3 Å². The van der Waals surface area contributed by atoms with E-state index >= 15 is 0 Å². The number of aryl methyl sites for hydroxylation is 1. The standard InChI is InChI=1S/C16H18FN3O3/c1-10(2)7-8-19-16(23)20(13-6-4-5-12(17)9-13)15(22)14(18-19)11(3)21/h4-6,9-10H,7-8H2,1-3H3. The van der Waals surface area contributed by atoms with Crippen LogP contribution in [0.15, 0.2) is 33.9 Å². The molecule has 0 amide bonds. The number of carbonyl (C=O) groups is 1. The third kappa shape index (κ3) is 3.61. The zero-order valence-electron chi connectivity index (χ0n) is 13.2. The van der Waals surface area contributed by atoms with Crippen LogP contribution in [0.4, 0.5) is 4.39 Å². The summed E-state index contributed by atoms with van der Waals surface area (Å²) in [7, 11) is 0. The van der Waals surface area contributed by atoms with Gasteiger partial charge >= 0.3 is 5.69 Å². The highest BCUT2D eigenvalue weighted by molar-refractivity contribution is 5.91. The number of hydrogen-bond acceptors (Lipinski definition) is 4. The molecule has 2 rings (SSSR count). The average Bonchev–Trinajstić information content (AvgIpc) is 2.46. The number of nitrogens with zero attached hydrogens (tertiary/aromatic N) is 3. The summed E-state index contributed by atoms with van der Waals surface area (Å²) in [5.41, 5.74) is -1.79. The molecule has 122 valence electrons. The lowest BCUT2D eigenvalue weighted by atomic mass is 10.1. The number of carbonyl (C=O) groups excluding carboxylic acids is 1. The molecule has 0 N–H and O–H groups in total. The van der Waals surface area contributed by atoms with E-state index < -0.39 is 22.8 Å². The molecule has 0 saturated carbocycles. The number of Topliss-reactive ketones (excluding diaryl/α,β-unsaturated/α-hetero) is 1. The van der Waals surface area contributed by atoms with Crippen molar-refractivity contribution in [1.82, 2.24) is 14.3 Å². The van der Waals surface area contributed by atoms with Crippen LogP contribution in [-0.4, -0.2) is 20.1 Å². The summed E-state index contributed by atoms with van der Waals surface area (Å²) < 4.78 is 15.3. The van der Waals surface area contributed by atoms with Gasteiger partial charge in [0.2, 0.25) is 0 Å². The number of hydrogen-bond donors (Lipinski definition) is 0. The molecule has 6 nitrogen and oxygen atoms in total. The van der Waals surface area contributed by atoms with Crippen molar-refractivity contribution in [2.45, 2.75) is 33.7 Å². The molecule has 0 aliphatic heterocycles. The molecule has 1 aromatic heterocycles. The van der Waals surface area contributed by atoms with Gasteiger partial charge < -0.3 is 0 Å². The highest BCUT2D eigenvalue weighted by Gasteiger charge is 2.18. The van der Waals surface area contributed by atoms with Crippen LogP contribution in [0.3, 0.4) is 0 Å². The summed E-state index contributed by atoms with van der Waals surface area (Å²) >= 11 is 0. The van der Waals surface area contributed by atoms with Crippen molar-refractivity contribution < 1.29 is 9.18 Å². The molecule has 2 aromatic rings. The van der Waals surface area contributed by atoms with Gasteiger partial charge in [-0.1, -0.05) is 19.9 Å². The number of benzene rings is 1. The Hall–Kier alpha value is -2.57. The van der Waals surface area contributed by atoms with Gasteiger partial charge in [0.1, 0.15) is 5.82 Å². The molecule has 0 fully saturated rings. The Balaban J connectivity index is 2.71. The maximum Gasteiger partial charge on any atom is 0.352 e. The lowest BCUT2D eigenvalue weighted by Crippen LogP contribution is -2.43. The maximum atomic E-state index is 13.4. The number of aromatic nitrogens is 3. The summed E-state index contributed by atoms with van der Waals surface area (Å²) in [5.74, 6) is -0.804. The van der Waals surface area contributed by atoms with Crippen LogP contribution in [0.5, 0.6) is 0 Å². The fraction of sp³-hybridized carbons (Fsp3) is 0.375. The predicted octanol–water partition coefficient (Wildman–Crippen LogP) is 1.78. The highest BCUT2D eigenvalue weighted by Crippen LogP contribution is 2.06. The molecule has 0 radical (unpaired) electrons. The van der Waals surface area contributed by atoms with E-state index in [1.807, 2.05) is 13.8 Å². The van der Waals surface area contributed by atoms with Gasteiger partial charge in [-0.25, -0.2) is 18.4 Å². The number of ketones is 1. The Labute approximate surface area is 132 Å². The Morgan fingerprint density at radius 2 is 2.00 bits per heavy atom. The number of halogens is 1. The van der Waals surface area contributed by atoms with Gasteiger partial charge in [-0.3, -0.25) is 9.59 Å². The van der Waals surface area contributed by atoms with Gasteiger partial charge in [-0.05, 0) is 30.5 Å². The van der Waals surface area contributed by atoms with E-state index in [1.54, 1.807) is 0 Å². The number of rotatable bonds is 5. The molecular weight excluding hydrogens is 301 g/mol. The minimum atomic E-state index is -0.839. The van der Waals surface area contributed by atoms with Gasteiger partial charge in [-0.2, -0.15) is 5.10 Å². The lowest BCUT2D eigenvalue weighted by molar-refractivity contribution is 0.100. The fourth-order valence-electron chi connectivity index (χ4n) is 2.10. The molecule has 0 atom stereocenters. The molecule has 0 aliphatic rings. The molecule has 0 bridgehead atoms. The third-order valence-corrected chi connectivity index (χ3v) is 3.36. The third-order valence-electron chi connectivity index (χ3n) is 3.36. The Bertz CT molecular complexity index is 852. The molecular formula is C16H18FN3O3. The van der Waals surface area contributed by atoms with Gasteiger partial charge in [0, 0.05) is 13.5 Å². The van der Waals surface area contributed by atoms with E-state index in [1.165, 1.54) is 25.1 Å². The first kappa shape index (κ1) is 16.8. The first-order valence-electron chi connectivity index (χ1n) is 7.32. The summed E-state index contributed by atoms with van der Waals surface area (Å²) in [6.07, 6.45) is 0.658. The summed E-state index contributed by atoms with van der Waals surface area (Å²) in [4.78, 5) is 36.5. The second kappa shape index (κ2) is 6.68. The van der Waals surface area contributed by atoms with Gasteiger partial charge in [0.05, 0.1) is 5.69 Å². The molecule has 1 aromatic carbocycles. The van der Waals surface area contributed by atoms with Gasteiger partial charge in [0.15, 0.2) is 11.5 Å². The monoisotopic (exact) mass is 319 g/mol. The summed E-state index contributed by atoms with van der Waals surface area (Å²) in [5, 5.41) is 3.88. The summed E-state index contributed by atoms with van der Waals surface area (Å²) in [6, 6.07) is 5.10. The largest absolute Gasteiger partial charge is 0.352 e. The normalized spacial score (nSPS) is 11.0. The van der Waals surface area contributed by atoms with E-state index in [0.717, 1.165) is 15.3 Å². The van der Waals surface area contributed by atoms with Crippen molar-refractivity contribution >= 4 is 5.78 Å². The van der Waals surface area contributed by atoms with Crippen LogP contribution in [0, 0.1) is 11.7 Å². The molecule has 0 unspecified atom stereocenters. The maximum absolute atomic E-state index is 13.4. The second-order valence-electron chi connectivity index (χ2n) is 5.71. The molecule has 23 heavy (non-hydrogen) atoms. The van der Waals surface area contributed by atoms with Crippen LogP contribution in [0.25, 0.3) is 5.69 Å². The van der Waals surface area contributed by atoms with E-state index in [2.05, 4.69) is 5.10 Å². The first-order chi connectivity index (χ1) is 10.8. The van der Waals surface area contributed by atoms with Gasteiger partial charge in [-0.15, -0.1) is 0 Å². The van der Waals surface area contributed by atoms with Crippen molar-refractivity contribution in [3.63, 3.8) is 0 Å². The van der Waals surface area contributed by atoms with Crippen molar-refractivity contribution in [3.8, 4) is 5.69 Å². The molecule has 0 aliphatic carbocycles. The minimum absolute atomic E-state index is 0.0724. The Kier molecular flexibility index (Phi) is 4.88. The molecule has 0 saturated heterocycles. The Morgan fingerprint density at radius 3 is 2.57 bits per heavy atom. The quantitative estimate of drug-likeness (QED) is 0.787.